The number of hydrogen-bond donors (Lipinski definition) is 0. The maximum absolute atomic E-state index is 2.32. The highest BCUT2D eigenvalue weighted by atomic mass is 13.9. The van der Waals surface area contributed by atoms with E-state index < -0.39 is 0 Å². The first-order valence-corrected chi connectivity index (χ1v) is 4.30. The van der Waals surface area contributed by atoms with Crippen LogP contribution in [0.25, 0.3) is 0 Å². The van der Waals surface area contributed by atoms with Crippen LogP contribution in [-0.4, -0.2) is 0 Å². The second-order valence-electron chi connectivity index (χ2n) is 2.80. The molecular formula is C10H16. The third-order valence-electron chi connectivity index (χ3n) is 1.82. The summed E-state index contributed by atoms with van der Waals surface area (Å²) in [5.74, 6) is 0. The van der Waals surface area contributed by atoms with Gasteiger partial charge in [-0.25, -0.2) is 0 Å². The van der Waals surface area contributed by atoms with Gasteiger partial charge in [0.2, 0.25) is 0 Å². The van der Waals surface area contributed by atoms with Crippen LogP contribution >= 0.6 is 0 Å². The lowest BCUT2D eigenvalue weighted by Crippen LogP contribution is -1.75. The summed E-state index contributed by atoms with van der Waals surface area (Å²) in [5.41, 5.74) is 0. The standard InChI is InChI=1S/C10H16/c1-2-4-6-8-10-9-7-5-3-1/h1-2,7,9H,3-6,8,10H2/b2-1-,9-7-. The second-order valence-corrected chi connectivity index (χ2v) is 2.80. The number of hydrogen-bond acceptors (Lipinski definition) is 0. The SMILES string of the molecule is C1=C\CCCC/C=C\CC/1. The fourth-order valence-corrected chi connectivity index (χ4v) is 1.19. The van der Waals surface area contributed by atoms with Gasteiger partial charge in [-0.15, -0.1) is 0 Å². The molecular weight excluding hydrogens is 120 g/mol. The third-order valence-corrected chi connectivity index (χ3v) is 1.82. The van der Waals surface area contributed by atoms with Gasteiger partial charge in [-0.3, -0.25) is 0 Å². The van der Waals surface area contributed by atoms with Crippen LogP contribution in [0.5, 0.6) is 0 Å². The summed E-state index contributed by atoms with van der Waals surface area (Å²) in [7, 11) is 0. The Labute approximate surface area is 63.6 Å². The van der Waals surface area contributed by atoms with E-state index >= 15 is 0 Å². The lowest BCUT2D eigenvalue weighted by Gasteiger charge is -1.95. The molecule has 0 saturated carbocycles. The maximum Gasteiger partial charge on any atom is -0.0316 e. The Morgan fingerprint density at radius 1 is 0.500 bits per heavy atom. The second kappa shape index (κ2) is 5.28. The molecule has 0 atom stereocenters. The average molecular weight is 136 g/mol. The van der Waals surface area contributed by atoms with Crippen LogP contribution < -0.4 is 0 Å². The van der Waals surface area contributed by atoms with Gasteiger partial charge in [0.15, 0.2) is 0 Å². The molecule has 0 aromatic heterocycles. The van der Waals surface area contributed by atoms with Crippen molar-refractivity contribution in [1.29, 1.82) is 0 Å². The summed E-state index contributed by atoms with van der Waals surface area (Å²) < 4.78 is 0. The molecule has 0 saturated heterocycles. The van der Waals surface area contributed by atoms with Crippen LogP contribution in [0.15, 0.2) is 24.3 Å². The molecule has 56 valence electrons. The van der Waals surface area contributed by atoms with Crippen molar-refractivity contribution in [1.82, 2.24) is 0 Å². The summed E-state index contributed by atoms with van der Waals surface area (Å²) in [5, 5.41) is 0. The van der Waals surface area contributed by atoms with Gasteiger partial charge in [0, 0.05) is 0 Å². The number of rotatable bonds is 0. The summed E-state index contributed by atoms with van der Waals surface area (Å²) >= 11 is 0. The van der Waals surface area contributed by atoms with Gasteiger partial charge >= 0.3 is 0 Å². The minimum atomic E-state index is 1.23. The van der Waals surface area contributed by atoms with E-state index in [1.165, 1.54) is 38.5 Å². The summed E-state index contributed by atoms with van der Waals surface area (Å²) in [6.07, 6.45) is 17.0. The van der Waals surface area contributed by atoms with Crippen molar-refractivity contribution in [3.8, 4) is 0 Å². The van der Waals surface area contributed by atoms with E-state index in [1.54, 1.807) is 0 Å². The monoisotopic (exact) mass is 136 g/mol. The zero-order valence-electron chi connectivity index (χ0n) is 6.55. The predicted molar refractivity (Wildman–Crippen MR) is 46.0 cm³/mol. The van der Waals surface area contributed by atoms with Crippen molar-refractivity contribution >= 4 is 0 Å². The van der Waals surface area contributed by atoms with E-state index in [0.29, 0.717) is 0 Å². The molecule has 10 heavy (non-hydrogen) atoms. The molecule has 0 spiro atoms. The van der Waals surface area contributed by atoms with Crippen LogP contribution in [0.2, 0.25) is 0 Å². The van der Waals surface area contributed by atoms with Crippen molar-refractivity contribution in [2.45, 2.75) is 38.5 Å². The Morgan fingerprint density at radius 3 is 1.40 bits per heavy atom. The van der Waals surface area contributed by atoms with Crippen molar-refractivity contribution in [3.63, 3.8) is 0 Å². The first-order valence-electron chi connectivity index (χ1n) is 4.30. The minimum Gasteiger partial charge on any atom is -0.0885 e. The largest absolute Gasteiger partial charge is 0.0885 e. The molecule has 0 aliphatic heterocycles. The van der Waals surface area contributed by atoms with Gasteiger partial charge in [0.1, 0.15) is 0 Å². The molecule has 0 aromatic carbocycles. The molecule has 0 heteroatoms. The Balaban J connectivity index is 2.23. The highest BCUT2D eigenvalue weighted by molar-refractivity contribution is 4.89. The van der Waals surface area contributed by atoms with E-state index in [0.717, 1.165) is 0 Å². The van der Waals surface area contributed by atoms with Crippen LogP contribution in [0.3, 0.4) is 0 Å². The van der Waals surface area contributed by atoms with Crippen molar-refractivity contribution in [2.75, 3.05) is 0 Å². The molecule has 0 nitrogen and oxygen atoms in total. The Morgan fingerprint density at radius 2 is 0.900 bits per heavy atom. The Kier molecular flexibility index (Phi) is 4.00. The fourth-order valence-electron chi connectivity index (χ4n) is 1.19. The van der Waals surface area contributed by atoms with Gasteiger partial charge in [0.25, 0.3) is 0 Å². The van der Waals surface area contributed by atoms with E-state index in [9.17, 15) is 0 Å². The average Bonchev–Trinajstić information content (AvgIpc) is 2.01. The Bertz CT molecular complexity index is 104. The first-order chi connectivity index (χ1) is 5.00. The summed E-state index contributed by atoms with van der Waals surface area (Å²) in [6.45, 7) is 0. The van der Waals surface area contributed by atoms with Crippen molar-refractivity contribution < 1.29 is 0 Å². The van der Waals surface area contributed by atoms with Crippen molar-refractivity contribution in [3.05, 3.63) is 24.3 Å². The van der Waals surface area contributed by atoms with E-state index in [1.807, 2.05) is 0 Å². The van der Waals surface area contributed by atoms with Crippen LogP contribution in [0.4, 0.5) is 0 Å². The molecule has 1 aliphatic rings. The zero-order chi connectivity index (χ0) is 7.07. The van der Waals surface area contributed by atoms with E-state index in [4.69, 9.17) is 0 Å². The summed E-state index contributed by atoms with van der Waals surface area (Å²) in [6, 6.07) is 0. The molecule has 1 rings (SSSR count). The highest BCUT2D eigenvalue weighted by Crippen LogP contribution is 2.05. The van der Waals surface area contributed by atoms with Crippen LogP contribution in [0, 0.1) is 0 Å². The van der Waals surface area contributed by atoms with Gasteiger partial charge in [-0.1, -0.05) is 24.3 Å². The molecule has 1 aliphatic carbocycles. The first kappa shape index (κ1) is 7.59. The topological polar surface area (TPSA) is 0 Å². The molecule has 0 fully saturated rings. The lowest BCUT2D eigenvalue weighted by molar-refractivity contribution is 0.754. The van der Waals surface area contributed by atoms with Crippen molar-refractivity contribution in [2.24, 2.45) is 0 Å². The molecule has 0 aromatic rings. The van der Waals surface area contributed by atoms with Gasteiger partial charge in [-0.2, -0.15) is 0 Å². The third kappa shape index (κ3) is 3.49. The van der Waals surface area contributed by atoms with E-state index in [2.05, 4.69) is 24.3 Å². The molecule has 0 N–H and O–H groups in total. The fraction of sp³-hybridized carbons (Fsp3) is 0.600. The van der Waals surface area contributed by atoms with E-state index in [-0.39, 0.29) is 0 Å². The highest BCUT2D eigenvalue weighted by Gasteiger charge is 1.85. The zero-order valence-corrected chi connectivity index (χ0v) is 6.55. The predicted octanol–water partition coefficient (Wildman–Crippen LogP) is 3.45. The quantitative estimate of drug-likeness (QED) is 0.447. The molecule has 0 unspecified atom stereocenters. The minimum absolute atomic E-state index is 1.23. The lowest BCUT2D eigenvalue weighted by atomic mass is 10.1. The van der Waals surface area contributed by atoms with Gasteiger partial charge < -0.3 is 0 Å². The normalized spacial score (nSPS) is 27.2. The maximum atomic E-state index is 2.32. The van der Waals surface area contributed by atoms with Crippen LogP contribution in [0.1, 0.15) is 38.5 Å². The smallest absolute Gasteiger partial charge is 0.0316 e. The summed E-state index contributed by atoms with van der Waals surface area (Å²) in [4.78, 5) is 0. The molecule has 0 radical (unpaired) electrons. The van der Waals surface area contributed by atoms with Gasteiger partial charge in [0.05, 0.1) is 0 Å². The molecule has 0 bridgehead atoms. The Hall–Kier alpha value is -0.520. The van der Waals surface area contributed by atoms with Crippen LogP contribution in [-0.2, 0) is 0 Å². The number of allylic oxidation sites excluding steroid dienone is 4. The molecule has 0 heterocycles. The molecule has 0 amide bonds. The van der Waals surface area contributed by atoms with Gasteiger partial charge in [-0.05, 0) is 38.5 Å².